The van der Waals surface area contributed by atoms with Crippen molar-refractivity contribution >= 4 is 5.97 Å². The molecular formula is C11H20O2. The van der Waals surface area contributed by atoms with Crippen molar-refractivity contribution in [3.63, 3.8) is 0 Å². The molecule has 1 unspecified atom stereocenters. The largest absolute Gasteiger partial charge is 0.481 e. The number of hydrogen-bond donors (Lipinski definition) is 1. The Morgan fingerprint density at radius 2 is 2.08 bits per heavy atom. The van der Waals surface area contributed by atoms with Crippen molar-refractivity contribution < 1.29 is 9.90 Å². The first-order chi connectivity index (χ1) is 6.09. The van der Waals surface area contributed by atoms with E-state index >= 15 is 0 Å². The highest BCUT2D eigenvalue weighted by Gasteiger charge is 2.11. The summed E-state index contributed by atoms with van der Waals surface area (Å²) in [6.45, 7) is 5.79. The molecule has 0 spiro atoms. The Morgan fingerprint density at radius 1 is 1.46 bits per heavy atom. The van der Waals surface area contributed by atoms with Gasteiger partial charge >= 0.3 is 5.97 Å². The van der Waals surface area contributed by atoms with E-state index in [-0.39, 0.29) is 5.92 Å². The molecule has 2 heteroatoms. The molecule has 0 saturated heterocycles. The van der Waals surface area contributed by atoms with Crippen molar-refractivity contribution in [1.82, 2.24) is 0 Å². The molecule has 0 aliphatic heterocycles. The minimum atomic E-state index is -0.732. The van der Waals surface area contributed by atoms with Gasteiger partial charge in [-0.05, 0) is 26.7 Å². The second-order valence-electron chi connectivity index (χ2n) is 3.50. The first kappa shape index (κ1) is 12.2. The SMILES string of the molecule is CCCCC/C=C(\C)C(C)C(=O)O. The zero-order valence-corrected chi connectivity index (χ0v) is 8.84. The van der Waals surface area contributed by atoms with Gasteiger partial charge in [-0.2, -0.15) is 0 Å². The van der Waals surface area contributed by atoms with E-state index in [0.717, 1.165) is 12.0 Å². The van der Waals surface area contributed by atoms with Crippen molar-refractivity contribution in [2.75, 3.05) is 0 Å². The van der Waals surface area contributed by atoms with Gasteiger partial charge in [0.05, 0.1) is 5.92 Å². The Hall–Kier alpha value is -0.790. The fraction of sp³-hybridized carbons (Fsp3) is 0.727. The van der Waals surface area contributed by atoms with E-state index in [2.05, 4.69) is 13.0 Å². The highest BCUT2D eigenvalue weighted by atomic mass is 16.4. The molecule has 0 fully saturated rings. The molecule has 0 radical (unpaired) electrons. The van der Waals surface area contributed by atoms with Crippen molar-refractivity contribution in [2.45, 2.75) is 46.5 Å². The summed E-state index contributed by atoms with van der Waals surface area (Å²) in [6.07, 6.45) is 6.67. The summed E-state index contributed by atoms with van der Waals surface area (Å²) < 4.78 is 0. The van der Waals surface area contributed by atoms with Crippen LogP contribution >= 0.6 is 0 Å². The number of rotatable bonds is 6. The van der Waals surface area contributed by atoms with E-state index in [1.807, 2.05) is 6.92 Å². The monoisotopic (exact) mass is 184 g/mol. The summed E-state index contributed by atoms with van der Waals surface area (Å²) in [5.74, 6) is -1.06. The lowest BCUT2D eigenvalue weighted by molar-refractivity contribution is -0.139. The van der Waals surface area contributed by atoms with Gasteiger partial charge in [0, 0.05) is 0 Å². The van der Waals surface area contributed by atoms with E-state index in [1.54, 1.807) is 6.92 Å². The van der Waals surface area contributed by atoms with Crippen molar-refractivity contribution in [2.24, 2.45) is 5.92 Å². The number of aliphatic carboxylic acids is 1. The van der Waals surface area contributed by atoms with E-state index in [1.165, 1.54) is 19.3 Å². The highest BCUT2D eigenvalue weighted by Crippen LogP contribution is 2.12. The average Bonchev–Trinajstić information content (AvgIpc) is 2.10. The van der Waals surface area contributed by atoms with Gasteiger partial charge in [-0.3, -0.25) is 4.79 Å². The van der Waals surface area contributed by atoms with Crippen LogP contribution in [0.25, 0.3) is 0 Å². The lowest BCUT2D eigenvalue weighted by atomic mass is 10.0. The van der Waals surface area contributed by atoms with Gasteiger partial charge < -0.3 is 5.11 Å². The van der Waals surface area contributed by atoms with Crippen LogP contribution in [0.3, 0.4) is 0 Å². The topological polar surface area (TPSA) is 37.3 Å². The molecule has 0 aromatic carbocycles. The van der Waals surface area contributed by atoms with Crippen LogP contribution in [-0.4, -0.2) is 11.1 Å². The second-order valence-corrected chi connectivity index (χ2v) is 3.50. The lowest BCUT2D eigenvalue weighted by Crippen LogP contribution is -2.10. The Morgan fingerprint density at radius 3 is 2.54 bits per heavy atom. The number of allylic oxidation sites excluding steroid dienone is 1. The predicted molar refractivity (Wildman–Crippen MR) is 54.7 cm³/mol. The standard InChI is InChI=1S/C11H20O2/c1-4-5-6-7-8-9(2)10(3)11(12)13/h8,10H,4-7H2,1-3H3,(H,12,13)/b9-8+. The summed E-state index contributed by atoms with van der Waals surface area (Å²) in [6, 6.07) is 0. The van der Waals surface area contributed by atoms with Crippen LogP contribution < -0.4 is 0 Å². The molecule has 0 saturated carbocycles. The zero-order chi connectivity index (χ0) is 10.3. The maximum absolute atomic E-state index is 10.6. The number of unbranched alkanes of at least 4 members (excludes halogenated alkanes) is 3. The Bertz CT molecular complexity index is 183. The summed E-state index contributed by atoms with van der Waals surface area (Å²) in [7, 11) is 0. The minimum absolute atomic E-state index is 0.332. The van der Waals surface area contributed by atoms with Crippen LogP contribution in [0.15, 0.2) is 11.6 Å². The molecule has 0 aromatic heterocycles. The molecule has 0 aromatic rings. The van der Waals surface area contributed by atoms with Crippen LogP contribution in [0, 0.1) is 5.92 Å². The molecule has 13 heavy (non-hydrogen) atoms. The van der Waals surface area contributed by atoms with Crippen molar-refractivity contribution in [3.05, 3.63) is 11.6 Å². The minimum Gasteiger partial charge on any atom is -0.481 e. The lowest BCUT2D eigenvalue weighted by Gasteiger charge is -2.05. The number of carboxylic acid groups (broad SMARTS) is 1. The molecule has 0 amide bonds. The summed E-state index contributed by atoms with van der Waals surface area (Å²) in [5, 5.41) is 8.71. The quantitative estimate of drug-likeness (QED) is 0.508. The van der Waals surface area contributed by atoms with Gasteiger partial charge in [-0.1, -0.05) is 31.4 Å². The Labute approximate surface area is 80.7 Å². The highest BCUT2D eigenvalue weighted by molar-refractivity contribution is 5.72. The van der Waals surface area contributed by atoms with Gasteiger partial charge in [0.1, 0.15) is 0 Å². The van der Waals surface area contributed by atoms with E-state index in [0.29, 0.717) is 0 Å². The molecule has 0 bridgehead atoms. The van der Waals surface area contributed by atoms with Gasteiger partial charge in [0.2, 0.25) is 0 Å². The molecule has 0 aliphatic carbocycles. The third kappa shape index (κ3) is 5.45. The van der Waals surface area contributed by atoms with Crippen LogP contribution in [0.5, 0.6) is 0 Å². The van der Waals surface area contributed by atoms with Crippen molar-refractivity contribution in [1.29, 1.82) is 0 Å². The van der Waals surface area contributed by atoms with Gasteiger partial charge in [-0.25, -0.2) is 0 Å². The van der Waals surface area contributed by atoms with Crippen LogP contribution in [0.4, 0.5) is 0 Å². The van der Waals surface area contributed by atoms with Crippen LogP contribution in [0.2, 0.25) is 0 Å². The molecule has 76 valence electrons. The molecular weight excluding hydrogens is 164 g/mol. The van der Waals surface area contributed by atoms with E-state index in [4.69, 9.17) is 5.11 Å². The molecule has 2 nitrogen and oxygen atoms in total. The van der Waals surface area contributed by atoms with Crippen LogP contribution in [0.1, 0.15) is 46.5 Å². The van der Waals surface area contributed by atoms with Crippen LogP contribution in [-0.2, 0) is 4.79 Å². The molecule has 0 heterocycles. The van der Waals surface area contributed by atoms with Gasteiger partial charge in [0.25, 0.3) is 0 Å². The first-order valence-corrected chi connectivity index (χ1v) is 4.99. The first-order valence-electron chi connectivity index (χ1n) is 4.99. The summed E-state index contributed by atoms with van der Waals surface area (Å²) in [5.41, 5.74) is 0.976. The smallest absolute Gasteiger partial charge is 0.310 e. The fourth-order valence-corrected chi connectivity index (χ4v) is 1.10. The van der Waals surface area contributed by atoms with Crippen molar-refractivity contribution in [3.8, 4) is 0 Å². The predicted octanol–water partition coefficient (Wildman–Crippen LogP) is 3.23. The summed E-state index contributed by atoms with van der Waals surface area (Å²) in [4.78, 5) is 10.6. The number of carbonyl (C=O) groups is 1. The number of hydrogen-bond acceptors (Lipinski definition) is 1. The maximum atomic E-state index is 10.6. The number of carboxylic acids is 1. The third-order valence-corrected chi connectivity index (χ3v) is 2.33. The second kappa shape index (κ2) is 6.70. The average molecular weight is 184 g/mol. The molecule has 1 atom stereocenters. The van der Waals surface area contributed by atoms with Gasteiger partial charge in [0.15, 0.2) is 0 Å². The normalized spacial score (nSPS) is 14.2. The molecule has 1 N–H and O–H groups in total. The zero-order valence-electron chi connectivity index (χ0n) is 8.84. The summed E-state index contributed by atoms with van der Waals surface area (Å²) >= 11 is 0. The fourth-order valence-electron chi connectivity index (χ4n) is 1.10. The van der Waals surface area contributed by atoms with Gasteiger partial charge in [-0.15, -0.1) is 0 Å². The van der Waals surface area contributed by atoms with E-state index in [9.17, 15) is 4.79 Å². The molecule has 0 rings (SSSR count). The third-order valence-electron chi connectivity index (χ3n) is 2.33. The molecule has 0 aliphatic rings. The maximum Gasteiger partial charge on any atom is 0.310 e. The Kier molecular flexibility index (Phi) is 6.29. The van der Waals surface area contributed by atoms with E-state index < -0.39 is 5.97 Å². The Balaban J connectivity index is 3.80.